The van der Waals surface area contributed by atoms with Crippen molar-refractivity contribution < 1.29 is 9.66 Å². The molecule has 0 aliphatic carbocycles. The van der Waals surface area contributed by atoms with E-state index in [0.29, 0.717) is 38.8 Å². The van der Waals surface area contributed by atoms with E-state index >= 15 is 0 Å². The zero-order chi connectivity index (χ0) is 22.0. The molecule has 7 nitrogen and oxygen atoms in total. The number of hydrogen-bond acceptors (Lipinski definition) is 5. The zero-order valence-corrected chi connectivity index (χ0v) is 17.1. The molecule has 0 aliphatic rings. The van der Waals surface area contributed by atoms with E-state index in [1.807, 2.05) is 0 Å². The lowest BCUT2D eigenvalue weighted by Crippen LogP contribution is -2.22. The summed E-state index contributed by atoms with van der Waals surface area (Å²) in [6, 6.07) is 18.3. The van der Waals surface area contributed by atoms with Gasteiger partial charge in [0.2, 0.25) is 0 Å². The average Bonchev–Trinajstić information content (AvgIpc) is 2.78. The zero-order valence-electron chi connectivity index (χ0n) is 16.4. The van der Waals surface area contributed by atoms with Crippen LogP contribution in [0.1, 0.15) is 11.4 Å². The summed E-state index contributed by atoms with van der Waals surface area (Å²) in [5.41, 5.74) is 1.39. The van der Waals surface area contributed by atoms with Crippen LogP contribution in [0, 0.1) is 10.1 Å². The van der Waals surface area contributed by atoms with Crippen molar-refractivity contribution >= 4 is 40.3 Å². The summed E-state index contributed by atoms with van der Waals surface area (Å²) in [7, 11) is 1.51. The first-order valence-electron chi connectivity index (χ1n) is 9.26. The van der Waals surface area contributed by atoms with Crippen LogP contribution in [0.25, 0.3) is 28.7 Å². The highest BCUT2D eigenvalue weighted by molar-refractivity contribution is 6.32. The normalized spacial score (nSPS) is 11.2. The van der Waals surface area contributed by atoms with Crippen molar-refractivity contribution in [2.24, 2.45) is 0 Å². The molecular weight excluding hydrogens is 418 g/mol. The van der Waals surface area contributed by atoms with Crippen molar-refractivity contribution in [1.29, 1.82) is 0 Å². The Hall–Kier alpha value is -3.97. The van der Waals surface area contributed by atoms with Crippen LogP contribution in [0.15, 0.2) is 71.5 Å². The summed E-state index contributed by atoms with van der Waals surface area (Å²) in [5, 5.41) is 11.9. The Balaban J connectivity index is 1.91. The molecule has 0 bridgehead atoms. The number of rotatable bonds is 5. The van der Waals surface area contributed by atoms with Crippen LogP contribution in [-0.2, 0) is 0 Å². The minimum Gasteiger partial charge on any atom is -0.495 e. The Morgan fingerprint density at radius 2 is 1.87 bits per heavy atom. The van der Waals surface area contributed by atoms with Crippen LogP contribution in [0.5, 0.6) is 5.75 Å². The van der Waals surface area contributed by atoms with Gasteiger partial charge >= 0.3 is 0 Å². The summed E-state index contributed by atoms with van der Waals surface area (Å²) in [5.74, 6) is 0.845. The lowest BCUT2D eigenvalue weighted by molar-refractivity contribution is -0.384. The fourth-order valence-electron chi connectivity index (χ4n) is 3.22. The molecule has 0 spiro atoms. The first kappa shape index (κ1) is 20.3. The second kappa shape index (κ2) is 8.41. The van der Waals surface area contributed by atoms with Gasteiger partial charge in [-0.3, -0.25) is 19.5 Å². The molecule has 0 aliphatic heterocycles. The Kier molecular flexibility index (Phi) is 5.51. The molecule has 31 heavy (non-hydrogen) atoms. The molecule has 154 valence electrons. The Labute approximate surface area is 182 Å². The summed E-state index contributed by atoms with van der Waals surface area (Å²) in [6.07, 6.45) is 3.32. The quantitative estimate of drug-likeness (QED) is 0.322. The van der Waals surface area contributed by atoms with E-state index in [1.54, 1.807) is 66.7 Å². The smallest absolute Gasteiger partial charge is 0.270 e. The number of ether oxygens (including phenoxy) is 1. The van der Waals surface area contributed by atoms with E-state index in [0.717, 1.165) is 0 Å². The van der Waals surface area contributed by atoms with Gasteiger partial charge in [0.25, 0.3) is 11.2 Å². The van der Waals surface area contributed by atoms with Crippen LogP contribution < -0.4 is 10.3 Å². The largest absolute Gasteiger partial charge is 0.495 e. The number of nitro benzene ring substituents is 1. The van der Waals surface area contributed by atoms with Crippen LogP contribution in [0.3, 0.4) is 0 Å². The molecule has 0 atom stereocenters. The molecule has 1 heterocycles. The molecule has 0 fully saturated rings. The van der Waals surface area contributed by atoms with Crippen LogP contribution >= 0.6 is 11.6 Å². The third-order valence-electron chi connectivity index (χ3n) is 4.70. The number of non-ortho nitro benzene ring substituents is 1. The SMILES string of the molecule is COc1ccc(-n2c(C=Cc3cccc([N+](=O)[O-])c3)nc3ccccc3c2=O)cc1Cl. The topological polar surface area (TPSA) is 87.3 Å². The van der Waals surface area contributed by atoms with E-state index in [1.165, 1.54) is 23.8 Å². The second-order valence-corrected chi connectivity index (χ2v) is 7.04. The molecule has 0 N–H and O–H groups in total. The van der Waals surface area contributed by atoms with E-state index in [9.17, 15) is 14.9 Å². The van der Waals surface area contributed by atoms with E-state index in [-0.39, 0.29) is 11.2 Å². The molecule has 0 saturated heterocycles. The monoisotopic (exact) mass is 433 g/mol. The van der Waals surface area contributed by atoms with E-state index < -0.39 is 4.92 Å². The van der Waals surface area contributed by atoms with Gasteiger partial charge in [-0.25, -0.2) is 4.98 Å². The Morgan fingerprint density at radius 3 is 2.61 bits per heavy atom. The van der Waals surface area contributed by atoms with Crippen LogP contribution in [-0.4, -0.2) is 21.6 Å². The van der Waals surface area contributed by atoms with Crippen molar-refractivity contribution in [3.63, 3.8) is 0 Å². The van der Waals surface area contributed by atoms with Crippen molar-refractivity contribution in [3.8, 4) is 11.4 Å². The molecule has 0 radical (unpaired) electrons. The number of nitro groups is 1. The predicted octanol–water partition coefficient (Wildman–Crippen LogP) is 5.13. The molecule has 3 aromatic carbocycles. The molecular formula is C23H16ClN3O4. The van der Waals surface area contributed by atoms with Crippen molar-refractivity contribution in [2.45, 2.75) is 0 Å². The lowest BCUT2D eigenvalue weighted by Gasteiger charge is -2.13. The fourth-order valence-corrected chi connectivity index (χ4v) is 3.47. The van der Waals surface area contributed by atoms with Gasteiger partial charge < -0.3 is 4.74 Å². The minimum absolute atomic E-state index is 0.0204. The van der Waals surface area contributed by atoms with E-state index in [4.69, 9.17) is 16.3 Å². The number of nitrogens with zero attached hydrogens (tertiary/aromatic N) is 3. The van der Waals surface area contributed by atoms with Crippen molar-refractivity contribution in [3.05, 3.63) is 104 Å². The molecule has 0 unspecified atom stereocenters. The standard InChI is InChI=1S/C23H16ClN3O4/c1-31-21-11-10-16(14-19(21)24)26-22(25-20-8-3-2-7-18(20)23(26)28)12-9-15-5-4-6-17(13-15)27(29)30/h2-14H,1H3. The van der Waals surface area contributed by atoms with Crippen molar-refractivity contribution in [1.82, 2.24) is 9.55 Å². The maximum atomic E-state index is 13.3. The number of methoxy groups -OCH3 is 1. The number of aromatic nitrogens is 2. The van der Waals surface area contributed by atoms with Gasteiger partial charge in [-0.05, 0) is 42.0 Å². The number of para-hydroxylation sites is 1. The highest BCUT2D eigenvalue weighted by Gasteiger charge is 2.13. The van der Waals surface area contributed by atoms with Gasteiger partial charge in [0.05, 0.1) is 33.6 Å². The van der Waals surface area contributed by atoms with Gasteiger partial charge in [0.15, 0.2) is 0 Å². The number of halogens is 1. The van der Waals surface area contributed by atoms with Crippen molar-refractivity contribution in [2.75, 3.05) is 7.11 Å². The first-order valence-corrected chi connectivity index (χ1v) is 9.64. The summed E-state index contributed by atoms with van der Waals surface area (Å²) in [6.45, 7) is 0. The number of hydrogen-bond donors (Lipinski definition) is 0. The maximum Gasteiger partial charge on any atom is 0.270 e. The van der Waals surface area contributed by atoms with Gasteiger partial charge in [-0.1, -0.05) is 41.9 Å². The molecule has 0 saturated carbocycles. The Bertz CT molecular complexity index is 1400. The second-order valence-electron chi connectivity index (χ2n) is 6.63. The molecule has 4 rings (SSSR count). The molecule has 8 heteroatoms. The maximum absolute atomic E-state index is 13.3. The summed E-state index contributed by atoms with van der Waals surface area (Å²) >= 11 is 6.28. The van der Waals surface area contributed by atoms with Gasteiger partial charge in [0, 0.05) is 12.1 Å². The molecule has 0 amide bonds. The molecule has 1 aromatic heterocycles. The van der Waals surface area contributed by atoms with E-state index in [2.05, 4.69) is 4.98 Å². The average molecular weight is 434 g/mol. The third-order valence-corrected chi connectivity index (χ3v) is 5.00. The summed E-state index contributed by atoms with van der Waals surface area (Å²) in [4.78, 5) is 28.5. The number of benzene rings is 3. The van der Waals surface area contributed by atoms with Crippen LogP contribution in [0.4, 0.5) is 5.69 Å². The first-order chi connectivity index (χ1) is 15.0. The Morgan fingerprint density at radius 1 is 1.06 bits per heavy atom. The third kappa shape index (κ3) is 4.04. The van der Waals surface area contributed by atoms with Gasteiger partial charge in [0.1, 0.15) is 11.6 Å². The number of fused-ring (bicyclic) bond motifs is 1. The van der Waals surface area contributed by atoms with Gasteiger partial charge in [-0.15, -0.1) is 0 Å². The van der Waals surface area contributed by atoms with Gasteiger partial charge in [-0.2, -0.15) is 0 Å². The highest BCUT2D eigenvalue weighted by atomic mass is 35.5. The predicted molar refractivity (Wildman–Crippen MR) is 121 cm³/mol. The van der Waals surface area contributed by atoms with Crippen LogP contribution in [0.2, 0.25) is 5.02 Å². The minimum atomic E-state index is -0.457. The lowest BCUT2D eigenvalue weighted by atomic mass is 10.2. The highest BCUT2D eigenvalue weighted by Crippen LogP contribution is 2.27. The molecule has 4 aromatic rings. The summed E-state index contributed by atoms with van der Waals surface area (Å²) < 4.78 is 6.64. The fraction of sp³-hybridized carbons (Fsp3) is 0.0435.